The Labute approximate surface area is 681 Å². The van der Waals surface area contributed by atoms with Crippen molar-refractivity contribution in [3.05, 3.63) is 229 Å². The van der Waals surface area contributed by atoms with Crippen LogP contribution in [0, 0.1) is 44.0 Å². The van der Waals surface area contributed by atoms with Crippen molar-refractivity contribution < 1.29 is 89.9 Å². The maximum atomic E-state index is 15.2. The molecule has 5 atom stereocenters. The standard InChI is InChI=1S/C30H32F2N6O6.C29H30F2N6O6.C18H21N5O4.ClH.Li.H2O/c1-16-15-44-11-10-37(16)19-12-21(31)25(22(32)13-19)27(39)34-23(29(41)43-5)14-18-6-7-20(26-33-8-9-38(18)26)24-17(2)35(3)30(42)36(4)28(24)40;1-15-14-43-10-9-36(15)18-11-20(30)24(21(31)12-18)26(38)33-22(28(40)41)13-17-5-6-19(25-32-7-8-37(17)25)23-16(2)34(3)29(42)35(4)27(23)39;1-10-14(16(24)22(3)18(26)21(10)2)12-6-5-11(9-13(19)17(25)27-4)23-8-7-20-15(12)23;;;/h6-9,12-13,16,23H,10-11,14-15H2,1-5H3,(H,34,39);5-8,11-12,15,22H,9-10,13-14H2,1-4H3,(H,33,38)(H,40,41);5-8,13H,9,19H2,1-4H3;1H;;1H2/q;;;;+1;/p-1/t16-,23+;15-,22+;13-;;;/m110.../s1. The zero-order valence-electron chi connectivity index (χ0n) is 66.3. The second kappa shape index (κ2) is 37.3. The van der Waals surface area contributed by atoms with Gasteiger partial charge in [-0.15, -0.1) is 12.4 Å². The predicted octanol–water partition coefficient (Wildman–Crippen LogP) is 0.360. The number of methoxy groups -OCH3 is 2. The van der Waals surface area contributed by atoms with Gasteiger partial charge >= 0.3 is 53.8 Å². The number of fused-ring (bicyclic) bond motifs is 3. The minimum atomic E-state index is -1.56. The van der Waals surface area contributed by atoms with Crippen molar-refractivity contribution in [2.24, 2.45) is 48.0 Å². The molecule has 2 aliphatic rings. The van der Waals surface area contributed by atoms with Gasteiger partial charge in [-0.2, -0.15) is 0 Å². The number of benzene rings is 2. The van der Waals surface area contributed by atoms with E-state index in [0.29, 0.717) is 107 Å². The summed E-state index contributed by atoms with van der Waals surface area (Å²) in [5.41, 5.74) is 8.58. The molecule has 2 aliphatic heterocycles. The van der Waals surface area contributed by atoms with Gasteiger partial charge in [-0.1, -0.05) is 0 Å². The van der Waals surface area contributed by atoms with Gasteiger partial charge in [0, 0.05) is 186 Å². The van der Waals surface area contributed by atoms with Crippen LogP contribution >= 0.6 is 12.4 Å². The molecular formula is C77H85ClF4LiN17O17. The van der Waals surface area contributed by atoms with Gasteiger partial charge in [0.25, 0.3) is 28.5 Å². The van der Waals surface area contributed by atoms with Gasteiger partial charge in [0.2, 0.25) is 0 Å². The average Bonchev–Trinajstić information content (AvgIpc) is 1.73. The molecule has 616 valence electrons. The first kappa shape index (κ1) is 90.5. The van der Waals surface area contributed by atoms with E-state index in [1.807, 2.05) is 13.8 Å². The van der Waals surface area contributed by atoms with Crippen molar-refractivity contribution in [2.45, 2.75) is 84.1 Å². The van der Waals surface area contributed by atoms with Crippen LogP contribution in [-0.4, -0.2) is 180 Å². The number of anilines is 2. The molecule has 9 aromatic heterocycles. The molecule has 2 saturated heterocycles. The van der Waals surface area contributed by atoms with E-state index >= 15 is 17.6 Å². The average molecular weight is 1640 g/mol. The van der Waals surface area contributed by atoms with E-state index in [9.17, 15) is 57.8 Å². The number of morpholine rings is 2. The molecule has 0 saturated carbocycles. The van der Waals surface area contributed by atoms with Crippen LogP contribution in [0.15, 0.2) is 127 Å². The number of nitrogens with one attached hydrogen (secondary N) is 2. The Morgan fingerprint density at radius 3 is 1.13 bits per heavy atom. The molecule has 117 heavy (non-hydrogen) atoms. The summed E-state index contributed by atoms with van der Waals surface area (Å²) in [7, 11) is 11.3. The fourth-order valence-corrected chi connectivity index (χ4v) is 14.0. The van der Waals surface area contributed by atoms with Crippen LogP contribution in [0.1, 0.15) is 68.7 Å². The zero-order valence-corrected chi connectivity index (χ0v) is 67.1. The molecule has 34 nitrogen and oxygen atoms in total. The second-order valence-corrected chi connectivity index (χ2v) is 27.5. The number of esters is 2. The van der Waals surface area contributed by atoms with Crippen molar-refractivity contribution in [1.29, 1.82) is 0 Å². The first-order valence-corrected chi connectivity index (χ1v) is 35.7. The van der Waals surface area contributed by atoms with Crippen LogP contribution in [-0.2, 0) is 94.9 Å². The Balaban J connectivity index is 0.000000222. The second-order valence-electron chi connectivity index (χ2n) is 27.5. The first-order valence-electron chi connectivity index (χ1n) is 35.7. The number of pyridine rings is 3. The number of nitrogens with zero attached hydrogens (tertiary/aromatic N) is 14. The Bertz CT molecular complexity index is 6040. The summed E-state index contributed by atoms with van der Waals surface area (Å²) in [6.45, 7) is 11.2. The number of rotatable bonds is 18. The minimum absolute atomic E-state index is 0. The van der Waals surface area contributed by atoms with E-state index < -0.39 is 105 Å². The normalized spacial score (nSPS) is 14.6. The number of carboxylic acids is 1. The number of halogens is 5. The third kappa shape index (κ3) is 17.7. The number of carbonyl (C=O) groups is 5. The number of aromatic nitrogens is 12. The number of hydrogen-bond donors (Lipinski definition) is 4. The summed E-state index contributed by atoms with van der Waals surface area (Å²) >= 11 is 0. The van der Waals surface area contributed by atoms with Crippen LogP contribution in [0.2, 0.25) is 0 Å². The number of hydrogen-bond acceptors (Lipinski definition) is 22. The molecule has 6 N–H and O–H groups in total. The van der Waals surface area contributed by atoms with Gasteiger partial charge < -0.3 is 82.6 Å². The van der Waals surface area contributed by atoms with Gasteiger partial charge in [0.15, 0.2) is 0 Å². The van der Waals surface area contributed by atoms with Crippen molar-refractivity contribution >= 4 is 70.4 Å². The van der Waals surface area contributed by atoms with Gasteiger partial charge in [-0.05, 0) is 95.3 Å². The van der Waals surface area contributed by atoms with Crippen LogP contribution in [0.3, 0.4) is 0 Å². The Kier molecular flexibility index (Phi) is 28.8. The first-order chi connectivity index (χ1) is 54.1. The molecule has 2 amide bonds. The summed E-state index contributed by atoms with van der Waals surface area (Å²) in [6.07, 6.45) is 9.31. The zero-order chi connectivity index (χ0) is 82.9. The molecule has 11 aromatic rings. The molecule has 2 aromatic carbocycles. The molecule has 0 bridgehead atoms. The number of aliphatic carboxylic acids is 1. The number of amides is 2. The Morgan fingerprint density at radius 2 is 0.821 bits per heavy atom. The van der Waals surface area contributed by atoms with E-state index in [-0.39, 0.29) is 102 Å². The summed E-state index contributed by atoms with van der Waals surface area (Å²) in [4.78, 5) is 155. The van der Waals surface area contributed by atoms with E-state index in [4.69, 9.17) is 19.9 Å². The number of imidazole rings is 3. The molecule has 0 spiro atoms. The number of nitrogens with two attached hydrogens (primary N) is 1. The molecule has 0 aliphatic carbocycles. The van der Waals surface area contributed by atoms with E-state index in [0.717, 1.165) is 50.8 Å². The fraction of sp³-hybridized carbons (Fsp3) is 0.351. The molecule has 0 radical (unpaired) electrons. The Hall–Kier alpha value is -12.1. The van der Waals surface area contributed by atoms with E-state index in [1.54, 1.807) is 126 Å². The van der Waals surface area contributed by atoms with Gasteiger partial charge in [-0.25, -0.2) is 56.5 Å². The molecule has 0 unspecified atom stereocenters. The van der Waals surface area contributed by atoms with Crippen molar-refractivity contribution in [1.82, 2.24) is 66.2 Å². The predicted molar refractivity (Wildman–Crippen MR) is 418 cm³/mol. The SMILES string of the molecule is COC(=O)[C@@H](N)Cc1ccc(-c2c(C)n(C)c(=O)n(C)c2=O)c2nccn12.COC(=O)[C@H](Cc1ccc(-c2c(C)n(C)c(=O)n(C)c2=O)c2nccn12)NC(=O)c1c(F)cc(N2CCOC[C@H]2C)cc1F.Cc1c(-c2ccc(C[C@H](NC(=O)c3c(F)cc(N4CCOC[C@H]4C)cc3F)C(=O)O)n3ccnc23)c(=O)n(C)c(=O)n1C.Cl.[Li+].[OH-]. The smallest absolute Gasteiger partial charge is 0.870 e. The largest absolute Gasteiger partial charge is 1.00 e. The number of carbonyl (C=O) groups excluding carboxylic acids is 4. The van der Waals surface area contributed by atoms with Crippen LogP contribution in [0.5, 0.6) is 0 Å². The van der Waals surface area contributed by atoms with E-state index in [1.165, 1.54) is 54.3 Å². The van der Waals surface area contributed by atoms with Crippen LogP contribution < -0.4 is 78.8 Å². The molecule has 13 rings (SSSR count). The number of carboxylic acid groups (broad SMARTS) is 1. The van der Waals surface area contributed by atoms with Crippen LogP contribution in [0.25, 0.3) is 50.3 Å². The molecular weight excluding hydrogens is 1550 g/mol. The van der Waals surface area contributed by atoms with Crippen LogP contribution in [0.4, 0.5) is 28.9 Å². The van der Waals surface area contributed by atoms with Gasteiger partial charge in [0.05, 0.1) is 57.3 Å². The summed E-state index contributed by atoms with van der Waals surface area (Å²) in [6, 6.07) is 10.3. The maximum absolute atomic E-state index is 15.2. The molecule has 2 fully saturated rings. The third-order valence-corrected chi connectivity index (χ3v) is 20.6. The monoisotopic (exact) mass is 1640 g/mol. The molecule has 40 heteroatoms. The van der Waals surface area contributed by atoms with Gasteiger partial charge in [-0.3, -0.25) is 42.5 Å². The topological polar surface area (TPSA) is 413 Å². The van der Waals surface area contributed by atoms with Crippen molar-refractivity contribution in [2.75, 3.05) is 63.5 Å². The van der Waals surface area contributed by atoms with Crippen molar-refractivity contribution in [3.63, 3.8) is 0 Å². The fourth-order valence-electron chi connectivity index (χ4n) is 14.0. The summed E-state index contributed by atoms with van der Waals surface area (Å²) in [5, 5.41) is 14.6. The third-order valence-electron chi connectivity index (χ3n) is 20.6. The molecule has 11 heterocycles. The summed E-state index contributed by atoms with van der Waals surface area (Å²) in [5.74, 6) is -9.49. The van der Waals surface area contributed by atoms with E-state index in [2.05, 4.69) is 30.3 Å². The van der Waals surface area contributed by atoms with Gasteiger partial charge in [0.1, 0.15) is 69.5 Å². The number of ether oxygens (including phenoxy) is 4. The maximum Gasteiger partial charge on any atom is 1.00 e. The van der Waals surface area contributed by atoms with Crippen molar-refractivity contribution in [3.8, 4) is 33.4 Å². The minimum Gasteiger partial charge on any atom is -0.870 e. The quantitative estimate of drug-likeness (QED) is 0.0512. The summed E-state index contributed by atoms with van der Waals surface area (Å²) < 4.78 is 93.0. The Morgan fingerprint density at radius 1 is 0.513 bits per heavy atom.